The van der Waals surface area contributed by atoms with Crippen LogP contribution in [0.3, 0.4) is 0 Å². The molecule has 0 radical (unpaired) electrons. The van der Waals surface area contributed by atoms with Crippen LogP contribution in [0.15, 0.2) is 30.3 Å². The minimum Gasteiger partial charge on any atom is -0.310 e. The molecule has 0 saturated heterocycles. The highest BCUT2D eigenvalue weighted by molar-refractivity contribution is 5.82. The molecule has 1 N–H and O–H groups in total. The van der Waals surface area contributed by atoms with Crippen LogP contribution >= 0.6 is 0 Å². The smallest absolute Gasteiger partial charge is 0.0708 e. The Hall–Kier alpha value is -1.41. The van der Waals surface area contributed by atoms with Crippen LogP contribution in [0, 0.1) is 12.8 Å². The Kier molecular flexibility index (Phi) is 4.02. The molecule has 0 bridgehead atoms. The van der Waals surface area contributed by atoms with Gasteiger partial charge < -0.3 is 5.32 Å². The number of nitrogens with zero attached hydrogens (tertiary/aromatic N) is 1. The van der Waals surface area contributed by atoms with E-state index in [9.17, 15) is 0 Å². The zero-order valence-electron chi connectivity index (χ0n) is 12.5. The molecule has 20 heavy (non-hydrogen) atoms. The van der Waals surface area contributed by atoms with E-state index in [4.69, 9.17) is 0 Å². The van der Waals surface area contributed by atoms with Gasteiger partial charge in [0.25, 0.3) is 0 Å². The lowest BCUT2D eigenvalue weighted by molar-refractivity contribution is 0.263. The van der Waals surface area contributed by atoms with Crippen molar-refractivity contribution in [1.82, 2.24) is 10.3 Å². The maximum absolute atomic E-state index is 4.66. The lowest BCUT2D eigenvalue weighted by atomic mass is 9.79. The number of para-hydroxylation sites is 1. The standard InChI is InChI=1S/C18H24N2/c1-3-19-18(12-14-7-6-8-14)16-11-13(2)20-17-10-5-4-9-15(16)17/h4-5,9-11,14,18-19H,3,6-8,12H2,1-2H3. The lowest BCUT2D eigenvalue weighted by Gasteiger charge is -2.31. The fourth-order valence-electron chi connectivity index (χ4n) is 3.26. The number of nitrogens with one attached hydrogen (secondary N) is 1. The third-order valence-electron chi connectivity index (χ3n) is 4.50. The van der Waals surface area contributed by atoms with Gasteiger partial charge in [-0.25, -0.2) is 0 Å². The van der Waals surface area contributed by atoms with Crippen molar-refractivity contribution in [2.75, 3.05) is 6.54 Å². The Balaban J connectivity index is 1.99. The van der Waals surface area contributed by atoms with E-state index in [0.717, 1.165) is 23.7 Å². The lowest BCUT2D eigenvalue weighted by Crippen LogP contribution is -2.26. The average molecular weight is 268 g/mol. The topological polar surface area (TPSA) is 24.9 Å². The van der Waals surface area contributed by atoms with E-state index >= 15 is 0 Å². The fourth-order valence-corrected chi connectivity index (χ4v) is 3.26. The second kappa shape index (κ2) is 5.92. The molecule has 1 atom stereocenters. The zero-order chi connectivity index (χ0) is 13.9. The molecular formula is C18H24N2. The highest BCUT2D eigenvalue weighted by Crippen LogP contribution is 2.36. The highest BCUT2D eigenvalue weighted by atomic mass is 14.9. The molecule has 1 heterocycles. The summed E-state index contributed by atoms with van der Waals surface area (Å²) in [5, 5.41) is 5.00. The normalized spacial score (nSPS) is 17.1. The molecule has 1 aromatic carbocycles. The largest absolute Gasteiger partial charge is 0.310 e. The van der Waals surface area contributed by atoms with Gasteiger partial charge in [-0.05, 0) is 43.5 Å². The summed E-state index contributed by atoms with van der Waals surface area (Å²) in [6, 6.07) is 11.3. The highest BCUT2D eigenvalue weighted by Gasteiger charge is 2.24. The van der Waals surface area contributed by atoms with Gasteiger partial charge in [-0.15, -0.1) is 0 Å². The number of rotatable bonds is 5. The summed E-state index contributed by atoms with van der Waals surface area (Å²) in [6.07, 6.45) is 5.49. The number of aryl methyl sites for hydroxylation is 1. The van der Waals surface area contributed by atoms with Crippen LogP contribution < -0.4 is 5.32 Å². The van der Waals surface area contributed by atoms with E-state index in [1.54, 1.807) is 0 Å². The molecule has 1 saturated carbocycles. The summed E-state index contributed by atoms with van der Waals surface area (Å²) < 4.78 is 0. The van der Waals surface area contributed by atoms with Crippen molar-refractivity contribution in [1.29, 1.82) is 0 Å². The van der Waals surface area contributed by atoms with Crippen molar-refractivity contribution in [2.24, 2.45) is 5.92 Å². The number of aromatic nitrogens is 1. The molecule has 1 aromatic heterocycles. The van der Waals surface area contributed by atoms with Gasteiger partial charge in [-0.3, -0.25) is 4.98 Å². The van der Waals surface area contributed by atoms with Crippen molar-refractivity contribution in [3.63, 3.8) is 0 Å². The Bertz CT molecular complexity index is 587. The number of hydrogen-bond donors (Lipinski definition) is 1. The van der Waals surface area contributed by atoms with Crippen LogP contribution in [0.2, 0.25) is 0 Å². The third kappa shape index (κ3) is 2.71. The summed E-state index contributed by atoms with van der Waals surface area (Å²) in [5.74, 6) is 0.909. The van der Waals surface area contributed by atoms with E-state index < -0.39 is 0 Å². The van der Waals surface area contributed by atoms with Gasteiger partial charge in [0.2, 0.25) is 0 Å². The van der Waals surface area contributed by atoms with Crippen molar-refractivity contribution in [3.8, 4) is 0 Å². The Labute approximate surface area is 121 Å². The summed E-state index contributed by atoms with van der Waals surface area (Å²) in [7, 11) is 0. The van der Waals surface area contributed by atoms with Gasteiger partial charge in [0.1, 0.15) is 0 Å². The molecule has 1 unspecified atom stereocenters. The maximum Gasteiger partial charge on any atom is 0.0708 e. The molecule has 2 heteroatoms. The molecule has 0 aliphatic heterocycles. The summed E-state index contributed by atoms with van der Waals surface area (Å²) in [6.45, 7) is 5.32. The van der Waals surface area contributed by atoms with Crippen molar-refractivity contribution >= 4 is 10.9 Å². The predicted octanol–water partition coefficient (Wildman–Crippen LogP) is 4.38. The van der Waals surface area contributed by atoms with Crippen LogP contribution in [0.25, 0.3) is 10.9 Å². The van der Waals surface area contributed by atoms with Crippen LogP contribution in [0.4, 0.5) is 0 Å². The Morgan fingerprint density at radius 2 is 2.10 bits per heavy atom. The summed E-state index contributed by atoms with van der Waals surface area (Å²) in [5.41, 5.74) is 3.68. The Morgan fingerprint density at radius 3 is 2.80 bits per heavy atom. The first kappa shape index (κ1) is 13.6. The summed E-state index contributed by atoms with van der Waals surface area (Å²) >= 11 is 0. The van der Waals surface area contributed by atoms with Gasteiger partial charge >= 0.3 is 0 Å². The molecule has 106 valence electrons. The van der Waals surface area contributed by atoms with E-state index in [0.29, 0.717) is 6.04 Å². The molecule has 2 nitrogen and oxygen atoms in total. The molecule has 1 aliphatic rings. The van der Waals surface area contributed by atoms with Crippen LogP contribution in [0.1, 0.15) is 49.9 Å². The van der Waals surface area contributed by atoms with Gasteiger partial charge in [-0.2, -0.15) is 0 Å². The quantitative estimate of drug-likeness (QED) is 0.870. The first-order chi connectivity index (χ1) is 9.78. The summed E-state index contributed by atoms with van der Waals surface area (Å²) in [4.78, 5) is 4.66. The van der Waals surface area contributed by atoms with Gasteiger partial charge in [-0.1, -0.05) is 44.4 Å². The SMILES string of the molecule is CCNC(CC1CCC1)c1cc(C)nc2ccccc12. The minimum absolute atomic E-state index is 0.469. The molecule has 0 spiro atoms. The predicted molar refractivity (Wildman–Crippen MR) is 84.9 cm³/mol. The van der Waals surface area contributed by atoms with E-state index in [1.807, 2.05) is 0 Å². The molecular weight excluding hydrogens is 244 g/mol. The average Bonchev–Trinajstić information content (AvgIpc) is 2.40. The van der Waals surface area contributed by atoms with E-state index in [-0.39, 0.29) is 0 Å². The van der Waals surface area contributed by atoms with Crippen LogP contribution in [-0.2, 0) is 0 Å². The molecule has 2 aromatic rings. The fraction of sp³-hybridized carbons (Fsp3) is 0.500. The molecule has 1 aliphatic carbocycles. The van der Waals surface area contributed by atoms with Gasteiger partial charge in [0.05, 0.1) is 5.52 Å². The number of benzene rings is 1. The van der Waals surface area contributed by atoms with Crippen molar-refractivity contribution < 1.29 is 0 Å². The second-order valence-corrected chi connectivity index (χ2v) is 6.01. The van der Waals surface area contributed by atoms with Crippen LogP contribution in [-0.4, -0.2) is 11.5 Å². The minimum atomic E-state index is 0.469. The second-order valence-electron chi connectivity index (χ2n) is 6.01. The number of hydrogen-bond acceptors (Lipinski definition) is 2. The van der Waals surface area contributed by atoms with Gasteiger partial charge in [0.15, 0.2) is 0 Å². The van der Waals surface area contributed by atoms with Crippen LogP contribution in [0.5, 0.6) is 0 Å². The maximum atomic E-state index is 4.66. The number of pyridine rings is 1. The monoisotopic (exact) mass is 268 g/mol. The number of fused-ring (bicyclic) bond motifs is 1. The molecule has 1 fully saturated rings. The first-order valence-electron chi connectivity index (χ1n) is 7.87. The van der Waals surface area contributed by atoms with E-state index in [1.165, 1.54) is 36.6 Å². The van der Waals surface area contributed by atoms with Gasteiger partial charge in [0, 0.05) is 17.1 Å². The van der Waals surface area contributed by atoms with E-state index in [2.05, 4.69) is 54.5 Å². The third-order valence-corrected chi connectivity index (χ3v) is 4.50. The molecule has 0 amide bonds. The van der Waals surface area contributed by atoms with Crippen molar-refractivity contribution in [3.05, 3.63) is 41.6 Å². The Morgan fingerprint density at radius 1 is 1.30 bits per heavy atom. The zero-order valence-corrected chi connectivity index (χ0v) is 12.5. The first-order valence-corrected chi connectivity index (χ1v) is 7.87. The van der Waals surface area contributed by atoms with Crippen molar-refractivity contribution in [2.45, 2.75) is 45.6 Å². The molecule has 3 rings (SSSR count).